The summed E-state index contributed by atoms with van der Waals surface area (Å²) in [6, 6.07) is 6.29. The Kier molecular flexibility index (Phi) is 2.48. The van der Waals surface area contributed by atoms with Crippen LogP contribution in [-0.4, -0.2) is 0 Å². The van der Waals surface area contributed by atoms with Gasteiger partial charge in [0.2, 0.25) is 0 Å². The number of benzene rings is 1. The van der Waals surface area contributed by atoms with Crippen molar-refractivity contribution < 1.29 is 0 Å². The van der Waals surface area contributed by atoms with Crippen molar-refractivity contribution in [1.29, 1.82) is 0 Å². The van der Waals surface area contributed by atoms with Crippen molar-refractivity contribution in [3.05, 3.63) is 54.0 Å². The molecule has 1 rings (SSSR count). The predicted octanol–water partition coefficient (Wildman–Crippen LogP) is 3.04. The van der Waals surface area contributed by atoms with Gasteiger partial charge in [0.15, 0.2) is 0 Å². The summed E-state index contributed by atoms with van der Waals surface area (Å²) < 4.78 is 0. The SMILES string of the molecule is C=C[CH]c1cccc(C)c1C. The largest absolute Gasteiger partial charge is 0.102 e. The van der Waals surface area contributed by atoms with Crippen LogP contribution in [0.1, 0.15) is 16.7 Å². The topological polar surface area (TPSA) is 0 Å². The predicted molar refractivity (Wildman–Crippen MR) is 49.5 cm³/mol. The maximum absolute atomic E-state index is 3.67. The lowest BCUT2D eigenvalue weighted by molar-refractivity contribution is 1.29. The van der Waals surface area contributed by atoms with Gasteiger partial charge in [0.25, 0.3) is 0 Å². The van der Waals surface area contributed by atoms with Crippen molar-refractivity contribution >= 4 is 0 Å². The molecule has 0 heteroatoms. The van der Waals surface area contributed by atoms with Gasteiger partial charge in [-0.2, -0.15) is 0 Å². The number of hydrogen-bond donors (Lipinski definition) is 0. The summed E-state index contributed by atoms with van der Waals surface area (Å²) in [6.07, 6.45) is 3.85. The van der Waals surface area contributed by atoms with Gasteiger partial charge >= 0.3 is 0 Å². The summed E-state index contributed by atoms with van der Waals surface area (Å²) in [5, 5.41) is 0. The second kappa shape index (κ2) is 3.38. The Morgan fingerprint density at radius 1 is 1.27 bits per heavy atom. The highest BCUT2D eigenvalue weighted by molar-refractivity contribution is 5.39. The number of allylic oxidation sites excluding steroid dienone is 1. The first kappa shape index (κ1) is 8.06. The molecule has 0 spiro atoms. The molecule has 0 amide bonds. The Balaban J connectivity index is 3.05. The van der Waals surface area contributed by atoms with Gasteiger partial charge in [-0.1, -0.05) is 24.3 Å². The van der Waals surface area contributed by atoms with Gasteiger partial charge in [-0.3, -0.25) is 0 Å². The molecule has 1 aromatic rings. The molecule has 0 fully saturated rings. The quantitative estimate of drug-likeness (QED) is 0.600. The van der Waals surface area contributed by atoms with Crippen molar-refractivity contribution in [1.82, 2.24) is 0 Å². The van der Waals surface area contributed by atoms with E-state index in [1.54, 1.807) is 0 Å². The molecule has 0 aliphatic carbocycles. The van der Waals surface area contributed by atoms with E-state index in [4.69, 9.17) is 0 Å². The van der Waals surface area contributed by atoms with Crippen LogP contribution in [0.5, 0.6) is 0 Å². The highest BCUT2D eigenvalue weighted by atomic mass is 14.0. The first-order valence-electron chi connectivity index (χ1n) is 3.77. The van der Waals surface area contributed by atoms with Crippen LogP contribution in [0, 0.1) is 20.3 Å². The maximum Gasteiger partial charge on any atom is 0.0122 e. The third-order valence-electron chi connectivity index (χ3n) is 1.94. The fourth-order valence-electron chi connectivity index (χ4n) is 1.08. The lowest BCUT2D eigenvalue weighted by atomic mass is 10.0. The molecule has 0 N–H and O–H groups in total. The van der Waals surface area contributed by atoms with E-state index in [0.29, 0.717) is 0 Å². The fraction of sp³-hybridized carbons (Fsp3) is 0.182. The Labute approximate surface area is 68.6 Å². The van der Waals surface area contributed by atoms with Crippen LogP contribution in [0.4, 0.5) is 0 Å². The van der Waals surface area contributed by atoms with Crippen LogP contribution in [0.25, 0.3) is 0 Å². The Hall–Kier alpha value is -1.04. The van der Waals surface area contributed by atoms with Crippen molar-refractivity contribution in [2.75, 3.05) is 0 Å². The molecule has 0 saturated heterocycles. The average Bonchev–Trinajstić information content (AvgIpc) is 1.99. The number of hydrogen-bond acceptors (Lipinski definition) is 0. The van der Waals surface area contributed by atoms with Gasteiger partial charge in [0, 0.05) is 6.42 Å². The monoisotopic (exact) mass is 145 g/mol. The minimum Gasteiger partial charge on any atom is -0.102 e. The Bertz CT molecular complexity index is 259. The fourth-order valence-corrected chi connectivity index (χ4v) is 1.08. The molecule has 0 aromatic heterocycles. The molecule has 57 valence electrons. The molecule has 0 unspecified atom stereocenters. The van der Waals surface area contributed by atoms with Crippen LogP contribution in [0.2, 0.25) is 0 Å². The third kappa shape index (κ3) is 1.70. The second-order valence-electron chi connectivity index (χ2n) is 2.69. The van der Waals surface area contributed by atoms with Gasteiger partial charge in [-0.25, -0.2) is 0 Å². The summed E-state index contributed by atoms with van der Waals surface area (Å²) in [4.78, 5) is 0. The molecule has 0 bridgehead atoms. The van der Waals surface area contributed by atoms with Gasteiger partial charge in [-0.15, -0.1) is 6.58 Å². The zero-order chi connectivity index (χ0) is 8.27. The molecule has 1 radical (unpaired) electrons. The summed E-state index contributed by atoms with van der Waals surface area (Å²) in [6.45, 7) is 7.92. The normalized spacial score (nSPS) is 9.64. The third-order valence-corrected chi connectivity index (χ3v) is 1.94. The summed E-state index contributed by atoms with van der Waals surface area (Å²) in [5.41, 5.74) is 3.94. The number of aryl methyl sites for hydroxylation is 1. The van der Waals surface area contributed by atoms with E-state index < -0.39 is 0 Å². The minimum atomic E-state index is 1.26. The molecule has 0 aliphatic heterocycles. The first-order chi connectivity index (χ1) is 5.25. The molecule has 0 saturated carbocycles. The van der Waals surface area contributed by atoms with Crippen molar-refractivity contribution in [3.63, 3.8) is 0 Å². The van der Waals surface area contributed by atoms with E-state index in [9.17, 15) is 0 Å². The highest BCUT2D eigenvalue weighted by Crippen LogP contribution is 2.14. The van der Waals surface area contributed by atoms with E-state index in [1.807, 2.05) is 12.5 Å². The summed E-state index contributed by atoms with van der Waals surface area (Å²) >= 11 is 0. The van der Waals surface area contributed by atoms with Crippen molar-refractivity contribution in [2.24, 2.45) is 0 Å². The van der Waals surface area contributed by atoms with Crippen LogP contribution in [0.3, 0.4) is 0 Å². The second-order valence-corrected chi connectivity index (χ2v) is 2.69. The molecule has 11 heavy (non-hydrogen) atoms. The van der Waals surface area contributed by atoms with Crippen molar-refractivity contribution in [3.8, 4) is 0 Å². The van der Waals surface area contributed by atoms with E-state index in [2.05, 4.69) is 38.6 Å². The first-order valence-corrected chi connectivity index (χ1v) is 3.77. The number of rotatable bonds is 2. The minimum absolute atomic E-state index is 1.26. The van der Waals surface area contributed by atoms with Gasteiger partial charge in [0.05, 0.1) is 0 Å². The smallest absolute Gasteiger partial charge is 0.0122 e. The Morgan fingerprint density at radius 3 is 2.64 bits per heavy atom. The van der Waals surface area contributed by atoms with Crippen LogP contribution in [0.15, 0.2) is 30.9 Å². The Morgan fingerprint density at radius 2 is 2.00 bits per heavy atom. The van der Waals surface area contributed by atoms with E-state index in [0.717, 1.165) is 0 Å². The molecular weight excluding hydrogens is 132 g/mol. The molecule has 0 aliphatic rings. The molecule has 0 nitrogen and oxygen atoms in total. The van der Waals surface area contributed by atoms with Gasteiger partial charge in [-0.05, 0) is 30.5 Å². The maximum atomic E-state index is 3.67. The van der Waals surface area contributed by atoms with E-state index >= 15 is 0 Å². The van der Waals surface area contributed by atoms with Crippen LogP contribution < -0.4 is 0 Å². The van der Waals surface area contributed by atoms with Crippen LogP contribution >= 0.6 is 0 Å². The van der Waals surface area contributed by atoms with Gasteiger partial charge < -0.3 is 0 Å². The summed E-state index contributed by atoms with van der Waals surface area (Å²) in [5.74, 6) is 0. The lowest BCUT2D eigenvalue weighted by Gasteiger charge is -2.04. The molecule has 0 heterocycles. The van der Waals surface area contributed by atoms with E-state index in [-0.39, 0.29) is 0 Å². The van der Waals surface area contributed by atoms with Gasteiger partial charge in [0.1, 0.15) is 0 Å². The lowest BCUT2D eigenvalue weighted by Crippen LogP contribution is -1.87. The van der Waals surface area contributed by atoms with Crippen LogP contribution in [-0.2, 0) is 0 Å². The molecule has 1 aromatic carbocycles. The molecule has 0 atom stereocenters. The summed E-state index contributed by atoms with van der Waals surface area (Å²) in [7, 11) is 0. The zero-order valence-corrected chi connectivity index (χ0v) is 7.09. The standard InChI is InChI=1S/C11H13/c1-4-6-11-8-5-7-9(2)10(11)3/h4-8H,1H2,2-3H3. The van der Waals surface area contributed by atoms with Crippen molar-refractivity contribution in [2.45, 2.75) is 13.8 Å². The van der Waals surface area contributed by atoms with E-state index in [1.165, 1.54) is 16.7 Å². The zero-order valence-electron chi connectivity index (χ0n) is 7.09. The highest BCUT2D eigenvalue weighted by Gasteiger charge is 1.96. The average molecular weight is 145 g/mol. The molecular formula is C11H13.